The molecule has 2 nitrogen and oxygen atoms in total. The summed E-state index contributed by atoms with van der Waals surface area (Å²) in [6, 6.07) is 0. The Hall–Kier alpha value is -0.0800. The van der Waals surface area contributed by atoms with E-state index in [0.29, 0.717) is 36.4 Å². The molecular weight excluding hydrogens is 224 g/mol. The molecule has 1 unspecified atom stereocenters. The number of aliphatic hydroxyl groups is 1. The Morgan fingerprint density at radius 1 is 1.31 bits per heavy atom. The predicted molar refractivity (Wildman–Crippen MR) is 62.2 cm³/mol. The fourth-order valence-electron chi connectivity index (χ4n) is 4.82. The van der Waals surface area contributed by atoms with E-state index in [9.17, 15) is 9.90 Å². The Morgan fingerprint density at radius 2 is 2.00 bits per heavy atom. The second kappa shape index (κ2) is 3.71. The van der Waals surface area contributed by atoms with E-state index in [1.807, 2.05) is 6.92 Å². The molecule has 2 bridgehead atoms. The van der Waals surface area contributed by atoms with Crippen LogP contribution in [0, 0.1) is 29.6 Å². The van der Waals surface area contributed by atoms with Crippen molar-refractivity contribution < 1.29 is 9.90 Å². The van der Waals surface area contributed by atoms with Gasteiger partial charge in [0.15, 0.2) is 0 Å². The number of aliphatic hydroxyl groups excluding tert-OH is 1. The molecule has 7 atom stereocenters. The first-order chi connectivity index (χ1) is 7.61. The fraction of sp³-hybridized carbons (Fsp3) is 0.923. The maximum Gasteiger partial charge on any atom is 0.136 e. The molecule has 3 aliphatic rings. The van der Waals surface area contributed by atoms with E-state index < -0.39 is 0 Å². The SMILES string of the molecule is CC(Cl)[C@H]1[C@@H]2CC[C@H]1[C@@H]1[C@H]2C(=O)CC[C@H]1O. The summed E-state index contributed by atoms with van der Waals surface area (Å²) < 4.78 is 0. The molecule has 0 radical (unpaired) electrons. The highest BCUT2D eigenvalue weighted by atomic mass is 35.5. The summed E-state index contributed by atoms with van der Waals surface area (Å²) in [5.41, 5.74) is 0. The third kappa shape index (κ3) is 1.32. The van der Waals surface area contributed by atoms with Gasteiger partial charge in [0.05, 0.1) is 6.10 Å². The van der Waals surface area contributed by atoms with Crippen molar-refractivity contribution in [1.29, 1.82) is 0 Å². The van der Waals surface area contributed by atoms with Crippen LogP contribution in [0.2, 0.25) is 0 Å². The van der Waals surface area contributed by atoms with Gasteiger partial charge in [-0.25, -0.2) is 0 Å². The van der Waals surface area contributed by atoms with E-state index in [1.54, 1.807) is 0 Å². The monoisotopic (exact) mass is 242 g/mol. The molecule has 90 valence electrons. The zero-order valence-corrected chi connectivity index (χ0v) is 10.4. The van der Waals surface area contributed by atoms with E-state index in [-0.39, 0.29) is 23.3 Å². The van der Waals surface area contributed by atoms with Gasteiger partial charge in [0.2, 0.25) is 0 Å². The van der Waals surface area contributed by atoms with Gasteiger partial charge < -0.3 is 5.11 Å². The standard InChI is InChI=1S/C13H19ClO2/c1-6(14)11-7-2-3-8(11)13-10(16)5-4-9(15)12(7)13/h6-9,11-13,15H,2-5H2,1H3/t6?,7-,8+,9-,11-,12+,13-/m1/s1. The van der Waals surface area contributed by atoms with Crippen molar-refractivity contribution in [3.8, 4) is 0 Å². The number of carbonyl (C=O) groups excluding carboxylic acids is 1. The molecule has 0 amide bonds. The highest BCUT2D eigenvalue weighted by Crippen LogP contribution is 2.61. The lowest BCUT2D eigenvalue weighted by Crippen LogP contribution is -2.41. The van der Waals surface area contributed by atoms with Crippen LogP contribution in [-0.2, 0) is 4.79 Å². The lowest BCUT2D eigenvalue weighted by atomic mass is 9.69. The minimum atomic E-state index is -0.254. The third-order valence-electron chi connectivity index (χ3n) is 5.23. The summed E-state index contributed by atoms with van der Waals surface area (Å²) in [6.45, 7) is 2.05. The Morgan fingerprint density at radius 3 is 2.62 bits per heavy atom. The number of hydrogen-bond donors (Lipinski definition) is 1. The first kappa shape index (κ1) is 11.0. The molecule has 3 heteroatoms. The zero-order valence-electron chi connectivity index (χ0n) is 9.60. The first-order valence-electron chi connectivity index (χ1n) is 6.46. The van der Waals surface area contributed by atoms with E-state index >= 15 is 0 Å². The largest absolute Gasteiger partial charge is 0.393 e. The molecule has 1 N–H and O–H groups in total. The van der Waals surface area contributed by atoms with Crippen LogP contribution in [0.3, 0.4) is 0 Å². The number of hydrogen-bond acceptors (Lipinski definition) is 2. The molecule has 0 heterocycles. The van der Waals surface area contributed by atoms with Gasteiger partial charge >= 0.3 is 0 Å². The average Bonchev–Trinajstić information content (AvgIpc) is 2.79. The van der Waals surface area contributed by atoms with Gasteiger partial charge in [-0.3, -0.25) is 4.79 Å². The number of carbonyl (C=O) groups is 1. The first-order valence-corrected chi connectivity index (χ1v) is 6.89. The Balaban J connectivity index is 1.94. The van der Waals surface area contributed by atoms with Crippen molar-refractivity contribution in [1.82, 2.24) is 0 Å². The van der Waals surface area contributed by atoms with Gasteiger partial charge in [-0.05, 0) is 49.9 Å². The van der Waals surface area contributed by atoms with Crippen LogP contribution in [0.4, 0.5) is 0 Å². The molecule has 0 aromatic heterocycles. The highest BCUT2D eigenvalue weighted by Gasteiger charge is 2.60. The highest BCUT2D eigenvalue weighted by molar-refractivity contribution is 6.20. The molecule has 3 rings (SSSR count). The molecule has 3 fully saturated rings. The quantitative estimate of drug-likeness (QED) is 0.716. The van der Waals surface area contributed by atoms with Gasteiger partial charge in [-0.1, -0.05) is 0 Å². The van der Waals surface area contributed by atoms with Gasteiger partial charge in [0.1, 0.15) is 5.78 Å². The second-order valence-electron chi connectivity index (χ2n) is 5.84. The predicted octanol–water partition coefficient (Wildman–Crippen LogP) is 2.23. The second-order valence-corrected chi connectivity index (χ2v) is 6.52. The van der Waals surface area contributed by atoms with Crippen LogP contribution in [0.5, 0.6) is 0 Å². The van der Waals surface area contributed by atoms with Crippen molar-refractivity contribution in [2.45, 2.75) is 44.1 Å². The van der Waals surface area contributed by atoms with Gasteiger partial charge in [0.25, 0.3) is 0 Å². The summed E-state index contributed by atoms with van der Waals surface area (Å²) >= 11 is 6.28. The van der Waals surface area contributed by atoms with Crippen molar-refractivity contribution in [2.75, 3.05) is 0 Å². The van der Waals surface area contributed by atoms with Crippen molar-refractivity contribution in [2.24, 2.45) is 29.6 Å². The van der Waals surface area contributed by atoms with E-state index in [0.717, 1.165) is 12.8 Å². The minimum Gasteiger partial charge on any atom is -0.393 e. The summed E-state index contributed by atoms with van der Waals surface area (Å²) in [6.07, 6.45) is 3.31. The molecule has 0 aromatic carbocycles. The molecule has 0 spiro atoms. The van der Waals surface area contributed by atoms with Crippen molar-refractivity contribution in [3.63, 3.8) is 0 Å². The third-order valence-corrected chi connectivity index (χ3v) is 5.52. The molecular formula is C13H19ClO2. The van der Waals surface area contributed by atoms with Crippen LogP contribution in [0.1, 0.15) is 32.6 Å². The van der Waals surface area contributed by atoms with Crippen LogP contribution < -0.4 is 0 Å². The Bertz CT molecular complexity index is 315. The summed E-state index contributed by atoms with van der Waals surface area (Å²) in [5, 5.41) is 10.3. The van der Waals surface area contributed by atoms with Crippen LogP contribution in [0.25, 0.3) is 0 Å². The van der Waals surface area contributed by atoms with Gasteiger partial charge in [-0.2, -0.15) is 0 Å². The normalized spacial score (nSPS) is 52.8. The van der Waals surface area contributed by atoms with E-state index in [4.69, 9.17) is 11.6 Å². The molecule has 0 aliphatic heterocycles. The maximum atomic E-state index is 12.0. The topological polar surface area (TPSA) is 37.3 Å². The number of ketones is 1. The minimum absolute atomic E-state index is 0.133. The van der Waals surface area contributed by atoms with Crippen molar-refractivity contribution >= 4 is 17.4 Å². The number of fused-ring (bicyclic) bond motifs is 5. The Kier molecular flexibility index (Phi) is 2.56. The summed E-state index contributed by atoms with van der Waals surface area (Å²) in [4.78, 5) is 12.0. The van der Waals surface area contributed by atoms with Crippen LogP contribution in [0.15, 0.2) is 0 Å². The molecule has 16 heavy (non-hydrogen) atoms. The van der Waals surface area contributed by atoms with E-state index in [2.05, 4.69) is 0 Å². The molecule has 3 aliphatic carbocycles. The smallest absolute Gasteiger partial charge is 0.136 e. The van der Waals surface area contributed by atoms with Gasteiger partial charge in [-0.15, -0.1) is 11.6 Å². The maximum absolute atomic E-state index is 12.0. The van der Waals surface area contributed by atoms with Crippen LogP contribution >= 0.6 is 11.6 Å². The summed E-state index contributed by atoms with van der Waals surface area (Å²) in [5.74, 6) is 2.18. The number of halogens is 1. The summed E-state index contributed by atoms with van der Waals surface area (Å²) in [7, 11) is 0. The van der Waals surface area contributed by atoms with Crippen molar-refractivity contribution in [3.05, 3.63) is 0 Å². The average molecular weight is 243 g/mol. The molecule has 0 aromatic rings. The molecule has 3 saturated carbocycles. The number of alkyl halides is 1. The van der Waals surface area contributed by atoms with E-state index in [1.165, 1.54) is 0 Å². The number of rotatable bonds is 1. The Labute approximate surface area is 101 Å². The lowest BCUT2D eigenvalue weighted by molar-refractivity contribution is -0.133. The zero-order chi connectivity index (χ0) is 11.4. The van der Waals surface area contributed by atoms with Crippen LogP contribution in [-0.4, -0.2) is 22.4 Å². The molecule has 0 saturated heterocycles. The fourth-order valence-corrected chi connectivity index (χ4v) is 5.19. The van der Waals surface area contributed by atoms with Gasteiger partial charge in [0, 0.05) is 17.7 Å². The number of Topliss-reactive ketones (excluding diaryl/α,β-unsaturated/α-hetero) is 1. The lowest BCUT2D eigenvalue weighted by Gasteiger charge is -2.37.